The average molecular weight is 262 g/mol. The van der Waals surface area contributed by atoms with Gasteiger partial charge in [-0.05, 0) is 38.1 Å². The fourth-order valence-electron chi connectivity index (χ4n) is 0.994. The molecule has 0 saturated carbocycles. The van der Waals surface area contributed by atoms with Crippen LogP contribution in [-0.2, 0) is 4.79 Å². The van der Waals surface area contributed by atoms with Gasteiger partial charge >= 0.3 is 12.1 Å². The third kappa shape index (κ3) is 2.94. The first kappa shape index (κ1) is 14.3. The lowest BCUT2D eigenvalue weighted by molar-refractivity contribution is -0.219. The van der Waals surface area contributed by atoms with E-state index in [1.165, 1.54) is 31.4 Å². The number of carbonyl (C=O) groups excluding carboxylic acids is 1. The van der Waals surface area contributed by atoms with Gasteiger partial charge in [-0.1, -0.05) is 0 Å². The van der Waals surface area contributed by atoms with Crippen molar-refractivity contribution in [3.63, 3.8) is 0 Å². The molecule has 100 valence electrons. The summed E-state index contributed by atoms with van der Waals surface area (Å²) in [5.74, 6) is -0.789. The molecule has 0 aliphatic carbocycles. The van der Waals surface area contributed by atoms with Crippen LogP contribution in [0.25, 0.3) is 0 Å². The minimum atomic E-state index is -4.66. The molecule has 1 rings (SSSR count). The average Bonchev–Trinajstić information content (AvgIpc) is 2.28. The van der Waals surface area contributed by atoms with Gasteiger partial charge in [-0.3, -0.25) is 4.79 Å². The molecule has 0 unspecified atom stereocenters. The molecule has 0 aliphatic rings. The third-order valence-electron chi connectivity index (χ3n) is 2.49. The molecule has 0 aromatic heterocycles. The molecule has 1 aromatic carbocycles. The topological polar surface area (TPSA) is 35.5 Å². The number of benzene rings is 1. The predicted octanol–water partition coefficient (Wildman–Crippen LogP) is 3.19. The number of methoxy groups -OCH3 is 1. The van der Waals surface area contributed by atoms with Gasteiger partial charge in [0.2, 0.25) is 0 Å². The molecular formula is C12H13F3O3. The van der Waals surface area contributed by atoms with E-state index < -0.39 is 17.6 Å². The lowest BCUT2D eigenvalue weighted by Gasteiger charge is -2.25. The van der Waals surface area contributed by atoms with Crippen molar-refractivity contribution in [2.75, 3.05) is 7.11 Å². The second-order valence-electron chi connectivity index (χ2n) is 4.19. The molecule has 0 heterocycles. The van der Waals surface area contributed by atoms with Crippen molar-refractivity contribution in [3.8, 4) is 11.5 Å². The molecule has 0 N–H and O–H groups in total. The van der Waals surface area contributed by atoms with Crippen LogP contribution in [0.2, 0.25) is 0 Å². The molecule has 0 bridgehead atoms. The van der Waals surface area contributed by atoms with E-state index in [0.717, 1.165) is 13.8 Å². The van der Waals surface area contributed by atoms with Crippen LogP contribution in [0.5, 0.6) is 11.5 Å². The number of halogens is 3. The smallest absolute Gasteiger partial charge is 0.404 e. The lowest BCUT2D eigenvalue weighted by atomic mass is 9.93. The van der Waals surface area contributed by atoms with Crippen molar-refractivity contribution in [2.45, 2.75) is 20.0 Å². The Bertz CT molecular complexity index is 421. The summed E-state index contributed by atoms with van der Waals surface area (Å²) in [5.41, 5.74) is -2.55. The maximum atomic E-state index is 12.6. The third-order valence-corrected chi connectivity index (χ3v) is 2.49. The first-order valence-corrected chi connectivity index (χ1v) is 5.11. The van der Waals surface area contributed by atoms with E-state index in [0.29, 0.717) is 5.75 Å². The van der Waals surface area contributed by atoms with E-state index in [4.69, 9.17) is 9.47 Å². The highest BCUT2D eigenvalue weighted by Gasteiger charge is 2.54. The van der Waals surface area contributed by atoms with Gasteiger partial charge in [-0.2, -0.15) is 13.2 Å². The number of carbonyl (C=O) groups is 1. The second-order valence-corrected chi connectivity index (χ2v) is 4.19. The molecule has 0 fully saturated rings. The zero-order valence-corrected chi connectivity index (χ0v) is 10.2. The van der Waals surface area contributed by atoms with Crippen molar-refractivity contribution in [2.24, 2.45) is 5.41 Å². The van der Waals surface area contributed by atoms with E-state index in [-0.39, 0.29) is 5.75 Å². The molecule has 6 heteroatoms. The van der Waals surface area contributed by atoms with Gasteiger partial charge in [-0.15, -0.1) is 0 Å². The number of esters is 1. The van der Waals surface area contributed by atoms with Crippen molar-refractivity contribution in [3.05, 3.63) is 24.3 Å². The largest absolute Gasteiger partial charge is 0.497 e. The summed E-state index contributed by atoms with van der Waals surface area (Å²) in [6.45, 7) is 1.55. The SMILES string of the molecule is COc1ccc(OC(=O)C(C)(C)C(F)(F)F)cc1. The van der Waals surface area contributed by atoms with Crippen LogP contribution in [-0.4, -0.2) is 19.3 Å². The maximum Gasteiger partial charge on any atom is 0.404 e. The number of hydrogen-bond donors (Lipinski definition) is 0. The van der Waals surface area contributed by atoms with Gasteiger partial charge in [0.1, 0.15) is 11.5 Å². The fraction of sp³-hybridized carbons (Fsp3) is 0.417. The van der Waals surface area contributed by atoms with Gasteiger partial charge in [0, 0.05) is 0 Å². The number of rotatable bonds is 3. The van der Waals surface area contributed by atoms with Gasteiger partial charge in [-0.25, -0.2) is 0 Å². The highest BCUT2D eigenvalue weighted by molar-refractivity contribution is 5.79. The van der Waals surface area contributed by atoms with Crippen molar-refractivity contribution >= 4 is 5.97 Å². The molecule has 18 heavy (non-hydrogen) atoms. The Balaban J connectivity index is 2.81. The van der Waals surface area contributed by atoms with Gasteiger partial charge in [0.25, 0.3) is 0 Å². The summed E-state index contributed by atoms with van der Waals surface area (Å²) in [6.07, 6.45) is -4.66. The maximum absolute atomic E-state index is 12.6. The molecule has 0 atom stereocenters. The first-order valence-electron chi connectivity index (χ1n) is 5.11. The normalized spacial score (nSPS) is 12.1. The zero-order chi connectivity index (χ0) is 14.0. The molecule has 3 nitrogen and oxygen atoms in total. The number of hydrogen-bond acceptors (Lipinski definition) is 3. The quantitative estimate of drug-likeness (QED) is 0.620. The second kappa shape index (κ2) is 4.88. The Morgan fingerprint density at radius 3 is 1.89 bits per heavy atom. The Labute approximate surface area is 103 Å². The molecule has 0 amide bonds. The number of alkyl halides is 3. The minimum Gasteiger partial charge on any atom is -0.497 e. The highest BCUT2D eigenvalue weighted by Crippen LogP contribution is 2.38. The lowest BCUT2D eigenvalue weighted by Crippen LogP contribution is -2.42. The summed E-state index contributed by atoms with van der Waals surface area (Å²) in [4.78, 5) is 11.5. The molecule has 0 radical (unpaired) electrons. The Hall–Kier alpha value is -1.72. The van der Waals surface area contributed by atoms with E-state index in [2.05, 4.69) is 0 Å². The van der Waals surface area contributed by atoms with Crippen LogP contribution < -0.4 is 9.47 Å². The molecule has 0 saturated heterocycles. The first-order chi connectivity index (χ1) is 8.18. The summed E-state index contributed by atoms with van der Waals surface area (Å²) >= 11 is 0. The van der Waals surface area contributed by atoms with Crippen LogP contribution in [0.1, 0.15) is 13.8 Å². The summed E-state index contributed by atoms with van der Waals surface area (Å²) in [6, 6.07) is 5.71. The monoisotopic (exact) mass is 262 g/mol. The zero-order valence-electron chi connectivity index (χ0n) is 10.2. The Morgan fingerprint density at radius 1 is 1.06 bits per heavy atom. The van der Waals surface area contributed by atoms with Crippen molar-refractivity contribution in [1.29, 1.82) is 0 Å². The molecule has 0 spiro atoms. The highest BCUT2D eigenvalue weighted by atomic mass is 19.4. The van der Waals surface area contributed by atoms with Crippen LogP contribution in [0.3, 0.4) is 0 Å². The van der Waals surface area contributed by atoms with Crippen LogP contribution >= 0.6 is 0 Å². The van der Waals surface area contributed by atoms with E-state index >= 15 is 0 Å². The van der Waals surface area contributed by atoms with E-state index in [9.17, 15) is 18.0 Å². The van der Waals surface area contributed by atoms with Crippen molar-refractivity contribution < 1.29 is 27.4 Å². The van der Waals surface area contributed by atoms with E-state index in [1.54, 1.807) is 0 Å². The summed E-state index contributed by atoms with van der Waals surface area (Å²) in [7, 11) is 1.45. The van der Waals surface area contributed by atoms with Crippen LogP contribution in [0, 0.1) is 5.41 Å². The fourth-order valence-corrected chi connectivity index (χ4v) is 0.994. The van der Waals surface area contributed by atoms with Crippen molar-refractivity contribution in [1.82, 2.24) is 0 Å². The van der Waals surface area contributed by atoms with Gasteiger partial charge in [0.05, 0.1) is 7.11 Å². The Kier molecular flexibility index (Phi) is 3.88. The molecule has 0 aliphatic heterocycles. The molecular weight excluding hydrogens is 249 g/mol. The Morgan fingerprint density at radius 2 is 1.50 bits per heavy atom. The van der Waals surface area contributed by atoms with E-state index in [1.807, 2.05) is 0 Å². The van der Waals surface area contributed by atoms with Crippen LogP contribution in [0.4, 0.5) is 13.2 Å². The predicted molar refractivity (Wildman–Crippen MR) is 58.5 cm³/mol. The number of ether oxygens (including phenoxy) is 2. The molecule has 1 aromatic rings. The minimum absolute atomic E-state index is 0.0399. The van der Waals surface area contributed by atoms with Crippen LogP contribution in [0.15, 0.2) is 24.3 Å². The standard InChI is InChI=1S/C12H13F3O3/c1-11(2,12(13,14)15)10(16)18-9-6-4-8(17-3)5-7-9/h4-7H,1-3H3. The summed E-state index contributed by atoms with van der Waals surface area (Å²) < 4.78 is 47.3. The van der Waals surface area contributed by atoms with Gasteiger partial charge < -0.3 is 9.47 Å². The van der Waals surface area contributed by atoms with Gasteiger partial charge in [0.15, 0.2) is 5.41 Å². The summed E-state index contributed by atoms with van der Waals surface area (Å²) in [5, 5.41) is 0.